The van der Waals surface area contributed by atoms with Gasteiger partial charge in [-0.1, -0.05) is 29.5 Å². The molecule has 4 heteroatoms. The minimum absolute atomic E-state index is 0.538. The Balaban J connectivity index is 2.22. The van der Waals surface area contributed by atoms with Crippen molar-refractivity contribution in [1.29, 1.82) is 5.26 Å². The summed E-state index contributed by atoms with van der Waals surface area (Å²) in [5.74, 6) is 0. The van der Waals surface area contributed by atoms with Crippen LogP contribution in [0.1, 0.15) is 16.7 Å². The maximum Gasteiger partial charge on any atom is 0.108 e. The van der Waals surface area contributed by atoms with Gasteiger partial charge in [0.25, 0.3) is 0 Å². The van der Waals surface area contributed by atoms with E-state index in [9.17, 15) is 0 Å². The number of nitrogens with one attached hydrogen (secondary N) is 1. The highest BCUT2D eigenvalue weighted by molar-refractivity contribution is 5.59. The molecule has 2 aromatic carbocycles. The molecule has 1 N–H and O–H groups in total. The van der Waals surface area contributed by atoms with E-state index in [0.29, 0.717) is 11.3 Å². The van der Waals surface area contributed by atoms with Crippen molar-refractivity contribution in [2.75, 3.05) is 5.43 Å². The van der Waals surface area contributed by atoms with Crippen molar-refractivity contribution in [3.63, 3.8) is 0 Å². The van der Waals surface area contributed by atoms with Crippen molar-refractivity contribution in [2.45, 2.75) is 13.8 Å². The molecule has 0 saturated heterocycles. The zero-order chi connectivity index (χ0) is 13.7. The van der Waals surface area contributed by atoms with Crippen molar-refractivity contribution in [3.8, 4) is 6.07 Å². The van der Waals surface area contributed by atoms with Crippen LogP contribution < -0.4 is 5.43 Å². The molecular formula is C15H14N4. The van der Waals surface area contributed by atoms with Gasteiger partial charge < -0.3 is 0 Å². The van der Waals surface area contributed by atoms with Crippen LogP contribution in [-0.2, 0) is 0 Å². The SMILES string of the molecule is Cc1cc(C)c(N=NNc2ccccc2)c(C#N)c1. The van der Waals surface area contributed by atoms with Crippen LogP contribution in [0.15, 0.2) is 52.8 Å². The number of nitriles is 1. The normalized spacial score (nSPS) is 10.4. The number of hydrogen-bond acceptors (Lipinski definition) is 3. The molecule has 0 aliphatic rings. The van der Waals surface area contributed by atoms with Crippen molar-refractivity contribution in [2.24, 2.45) is 10.3 Å². The molecule has 19 heavy (non-hydrogen) atoms. The van der Waals surface area contributed by atoms with Crippen LogP contribution in [0, 0.1) is 25.2 Å². The molecule has 0 unspecified atom stereocenters. The standard InChI is InChI=1S/C15H14N4/c1-11-8-12(2)15(13(9-11)10-16)18-19-17-14-6-4-3-5-7-14/h3-9H,1-2H3,(H,17,18). The minimum atomic E-state index is 0.538. The summed E-state index contributed by atoms with van der Waals surface area (Å²) in [4.78, 5) is 0. The smallest absolute Gasteiger partial charge is 0.108 e. The third-order valence-electron chi connectivity index (χ3n) is 2.67. The van der Waals surface area contributed by atoms with Crippen molar-refractivity contribution < 1.29 is 0 Å². The largest absolute Gasteiger partial charge is 0.260 e. The predicted molar refractivity (Wildman–Crippen MR) is 75.2 cm³/mol. The summed E-state index contributed by atoms with van der Waals surface area (Å²) < 4.78 is 0. The average molecular weight is 250 g/mol. The summed E-state index contributed by atoms with van der Waals surface area (Å²) in [6, 6.07) is 15.5. The molecule has 4 nitrogen and oxygen atoms in total. The quantitative estimate of drug-likeness (QED) is 0.652. The Hall–Kier alpha value is -2.67. The molecular weight excluding hydrogens is 236 g/mol. The molecule has 94 valence electrons. The molecule has 0 spiro atoms. The van der Waals surface area contributed by atoms with E-state index in [1.165, 1.54) is 0 Å². The maximum absolute atomic E-state index is 9.11. The first-order valence-corrected chi connectivity index (χ1v) is 5.94. The highest BCUT2D eigenvalue weighted by atomic mass is 15.4. The number of anilines is 1. The molecule has 0 aliphatic heterocycles. The summed E-state index contributed by atoms with van der Waals surface area (Å²) in [6.45, 7) is 3.88. The molecule has 0 atom stereocenters. The summed E-state index contributed by atoms with van der Waals surface area (Å²) in [5.41, 5.74) is 6.82. The first kappa shape index (κ1) is 12.8. The lowest BCUT2D eigenvalue weighted by atomic mass is 10.1. The first-order chi connectivity index (χ1) is 9.20. The summed E-state index contributed by atoms with van der Waals surface area (Å²) in [7, 11) is 0. The van der Waals surface area contributed by atoms with Gasteiger partial charge >= 0.3 is 0 Å². The van der Waals surface area contributed by atoms with E-state index >= 15 is 0 Å². The topological polar surface area (TPSA) is 60.5 Å². The lowest BCUT2D eigenvalue weighted by Crippen LogP contribution is -1.87. The van der Waals surface area contributed by atoms with Gasteiger partial charge in [0.15, 0.2) is 0 Å². The highest BCUT2D eigenvalue weighted by Crippen LogP contribution is 2.25. The maximum atomic E-state index is 9.11. The number of para-hydroxylation sites is 1. The third-order valence-corrected chi connectivity index (χ3v) is 2.67. The zero-order valence-electron chi connectivity index (χ0n) is 10.9. The second-order valence-electron chi connectivity index (χ2n) is 4.27. The monoisotopic (exact) mass is 250 g/mol. The van der Waals surface area contributed by atoms with Gasteiger partial charge in [0.05, 0.1) is 11.3 Å². The van der Waals surface area contributed by atoms with Crippen molar-refractivity contribution in [3.05, 3.63) is 59.2 Å². The molecule has 0 bridgehead atoms. The van der Waals surface area contributed by atoms with Crippen LogP contribution in [0.25, 0.3) is 0 Å². The Kier molecular flexibility index (Phi) is 3.89. The fourth-order valence-electron chi connectivity index (χ4n) is 1.82. The fourth-order valence-corrected chi connectivity index (χ4v) is 1.82. The van der Waals surface area contributed by atoms with E-state index in [0.717, 1.165) is 16.8 Å². The van der Waals surface area contributed by atoms with Crippen LogP contribution in [-0.4, -0.2) is 0 Å². The summed E-state index contributed by atoms with van der Waals surface area (Å²) in [5, 5.41) is 17.2. The molecule has 0 radical (unpaired) electrons. The fraction of sp³-hybridized carbons (Fsp3) is 0.133. The highest BCUT2D eigenvalue weighted by Gasteiger charge is 2.05. The summed E-state index contributed by atoms with van der Waals surface area (Å²) in [6.07, 6.45) is 0. The molecule has 2 rings (SSSR count). The summed E-state index contributed by atoms with van der Waals surface area (Å²) >= 11 is 0. The van der Waals surface area contributed by atoms with Gasteiger partial charge in [0, 0.05) is 0 Å². The van der Waals surface area contributed by atoms with E-state index in [1.807, 2.05) is 56.3 Å². The van der Waals surface area contributed by atoms with Crippen LogP contribution >= 0.6 is 0 Å². The molecule has 2 aromatic rings. The van der Waals surface area contributed by atoms with E-state index in [2.05, 4.69) is 21.8 Å². The zero-order valence-corrected chi connectivity index (χ0v) is 10.9. The second-order valence-corrected chi connectivity index (χ2v) is 4.27. The van der Waals surface area contributed by atoms with Gasteiger partial charge in [-0.2, -0.15) is 5.26 Å². The Labute approximate surface area is 112 Å². The van der Waals surface area contributed by atoms with Crippen LogP contribution in [0.4, 0.5) is 11.4 Å². The van der Waals surface area contributed by atoms with E-state index in [1.54, 1.807) is 0 Å². The predicted octanol–water partition coefficient (Wildman–Crippen LogP) is 4.29. The Morgan fingerprint density at radius 1 is 1.11 bits per heavy atom. The first-order valence-electron chi connectivity index (χ1n) is 5.94. The lowest BCUT2D eigenvalue weighted by Gasteiger charge is -2.04. The molecule has 0 fully saturated rings. The Morgan fingerprint density at radius 3 is 2.53 bits per heavy atom. The molecule has 0 amide bonds. The molecule has 0 aromatic heterocycles. The van der Waals surface area contributed by atoms with Crippen molar-refractivity contribution >= 4 is 11.4 Å². The Bertz CT molecular complexity index is 639. The lowest BCUT2D eigenvalue weighted by molar-refractivity contribution is 1.11. The number of rotatable bonds is 3. The minimum Gasteiger partial charge on any atom is -0.260 e. The van der Waals surface area contributed by atoms with Crippen LogP contribution in [0.5, 0.6) is 0 Å². The van der Waals surface area contributed by atoms with Gasteiger partial charge in [-0.15, -0.1) is 5.11 Å². The molecule has 0 heterocycles. The van der Waals surface area contributed by atoms with Gasteiger partial charge in [-0.25, -0.2) is 0 Å². The van der Waals surface area contributed by atoms with Gasteiger partial charge in [-0.05, 0) is 43.2 Å². The van der Waals surface area contributed by atoms with E-state index in [-0.39, 0.29) is 0 Å². The van der Waals surface area contributed by atoms with Gasteiger partial charge in [0.2, 0.25) is 0 Å². The number of nitrogens with zero attached hydrogens (tertiary/aromatic N) is 3. The van der Waals surface area contributed by atoms with E-state index < -0.39 is 0 Å². The Morgan fingerprint density at radius 2 is 1.84 bits per heavy atom. The molecule has 0 aliphatic carbocycles. The number of aryl methyl sites for hydroxylation is 2. The van der Waals surface area contributed by atoms with Crippen molar-refractivity contribution in [1.82, 2.24) is 0 Å². The average Bonchev–Trinajstić information content (AvgIpc) is 2.42. The molecule has 0 saturated carbocycles. The van der Waals surface area contributed by atoms with Gasteiger partial charge in [0.1, 0.15) is 11.8 Å². The van der Waals surface area contributed by atoms with Crippen LogP contribution in [0.2, 0.25) is 0 Å². The van der Waals surface area contributed by atoms with E-state index in [4.69, 9.17) is 5.26 Å². The third kappa shape index (κ3) is 3.17. The van der Waals surface area contributed by atoms with Crippen LogP contribution in [0.3, 0.4) is 0 Å². The number of benzene rings is 2. The second kappa shape index (κ2) is 5.78. The number of hydrogen-bond donors (Lipinski definition) is 1. The van der Waals surface area contributed by atoms with Gasteiger partial charge in [-0.3, -0.25) is 5.43 Å².